The number of hydrogen-bond donors (Lipinski definition) is 1. The molecule has 1 aromatic rings. The standard InChI is InChI=1S/C11H14BrNO2/c1-13-11(14)6-3-7-15-10-5-2-4-9(12)8-10/h2,4-5,8H,3,6-7H2,1H3,(H,13,14). The number of ether oxygens (including phenoxy) is 1. The van der Waals surface area contributed by atoms with Crippen molar-refractivity contribution in [2.75, 3.05) is 13.7 Å². The summed E-state index contributed by atoms with van der Waals surface area (Å²) in [6.45, 7) is 0.559. The van der Waals surface area contributed by atoms with Crippen molar-refractivity contribution < 1.29 is 9.53 Å². The molecular weight excluding hydrogens is 258 g/mol. The second-order valence-corrected chi connectivity index (χ2v) is 4.00. The maximum Gasteiger partial charge on any atom is 0.219 e. The second kappa shape index (κ2) is 6.45. The fraction of sp³-hybridized carbons (Fsp3) is 0.364. The van der Waals surface area contributed by atoms with E-state index in [0.717, 1.165) is 16.6 Å². The average molecular weight is 272 g/mol. The van der Waals surface area contributed by atoms with Crippen LogP contribution in [0.2, 0.25) is 0 Å². The Hall–Kier alpha value is -1.03. The molecule has 1 N–H and O–H groups in total. The Morgan fingerprint density at radius 2 is 2.33 bits per heavy atom. The van der Waals surface area contributed by atoms with E-state index in [4.69, 9.17) is 4.74 Å². The van der Waals surface area contributed by atoms with Crippen molar-refractivity contribution in [3.8, 4) is 5.75 Å². The normalized spacial score (nSPS) is 9.73. The van der Waals surface area contributed by atoms with Crippen molar-refractivity contribution in [2.24, 2.45) is 0 Å². The van der Waals surface area contributed by atoms with Gasteiger partial charge in [0.1, 0.15) is 5.75 Å². The number of benzene rings is 1. The number of nitrogens with one attached hydrogen (secondary N) is 1. The molecule has 1 amide bonds. The summed E-state index contributed by atoms with van der Waals surface area (Å²) in [5.41, 5.74) is 0. The molecule has 0 saturated carbocycles. The molecule has 0 spiro atoms. The van der Waals surface area contributed by atoms with E-state index >= 15 is 0 Å². The first-order valence-electron chi connectivity index (χ1n) is 4.81. The van der Waals surface area contributed by atoms with Gasteiger partial charge in [0, 0.05) is 17.9 Å². The van der Waals surface area contributed by atoms with E-state index in [0.29, 0.717) is 13.0 Å². The molecular formula is C11H14BrNO2. The highest BCUT2D eigenvalue weighted by molar-refractivity contribution is 9.10. The SMILES string of the molecule is CNC(=O)CCCOc1cccc(Br)c1. The van der Waals surface area contributed by atoms with Crippen LogP contribution < -0.4 is 10.1 Å². The molecule has 0 heterocycles. The number of amides is 1. The summed E-state index contributed by atoms with van der Waals surface area (Å²) < 4.78 is 6.46. The van der Waals surface area contributed by atoms with Crippen LogP contribution >= 0.6 is 15.9 Å². The lowest BCUT2D eigenvalue weighted by Gasteiger charge is -2.05. The maximum absolute atomic E-state index is 10.9. The first kappa shape index (κ1) is 12.0. The first-order valence-corrected chi connectivity index (χ1v) is 5.60. The third-order valence-corrected chi connectivity index (χ3v) is 2.39. The van der Waals surface area contributed by atoms with Gasteiger partial charge < -0.3 is 10.1 Å². The summed E-state index contributed by atoms with van der Waals surface area (Å²) in [5.74, 6) is 0.870. The number of hydrogen-bond acceptors (Lipinski definition) is 2. The van der Waals surface area contributed by atoms with Gasteiger partial charge in [-0.3, -0.25) is 4.79 Å². The van der Waals surface area contributed by atoms with Gasteiger partial charge in [-0.05, 0) is 24.6 Å². The average Bonchev–Trinajstić information content (AvgIpc) is 2.24. The lowest BCUT2D eigenvalue weighted by molar-refractivity contribution is -0.120. The Morgan fingerprint density at radius 3 is 3.00 bits per heavy atom. The van der Waals surface area contributed by atoms with Gasteiger partial charge in [-0.1, -0.05) is 22.0 Å². The van der Waals surface area contributed by atoms with E-state index in [1.807, 2.05) is 24.3 Å². The topological polar surface area (TPSA) is 38.3 Å². The van der Waals surface area contributed by atoms with Crippen molar-refractivity contribution in [2.45, 2.75) is 12.8 Å². The molecule has 0 fully saturated rings. The van der Waals surface area contributed by atoms with E-state index in [-0.39, 0.29) is 5.91 Å². The molecule has 0 aromatic heterocycles. The Bertz CT molecular complexity index is 328. The molecule has 4 heteroatoms. The van der Waals surface area contributed by atoms with Crippen molar-refractivity contribution in [3.63, 3.8) is 0 Å². The fourth-order valence-electron chi connectivity index (χ4n) is 1.10. The van der Waals surface area contributed by atoms with Crippen LogP contribution in [0.15, 0.2) is 28.7 Å². The van der Waals surface area contributed by atoms with Gasteiger partial charge in [-0.15, -0.1) is 0 Å². The van der Waals surface area contributed by atoms with Crippen LogP contribution in [0.4, 0.5) is 0 Å². The van der Waals surface area contributed by atoms with Crippen LogP contribution in [-0.2, 0) is 4.79 Å². The summed E-state index contributed by atoms with van der Waals surface area (Å²) in [6.07, 6.45) is 1.23. The minimum absolute atomic E-state index is 0.0489. The van der Waals surface area contributed by atoms with Crippen LogP contribution in [0.25, 0.3) is 0 Å². The zero-order valence-electron chi connectivity index (χ0n) is 8.63. The highest BCUT2D eigenvalue weighted by atomic mass is 79.9. The smallest absolute Gasteiger partial charge is 0.219 e. The third kappa shape index (κ3) is 4.83. The molecule has 0 radical (unpaired) electrons. The lowest BCUT2D eigenvalue weighted by atomic mass is 10.3. The number of halogens is 1. The fourth-order valence-corrected chi connectivity index (χ4v) is 1.48. The highest BCUT2D eigenvalue weighted by Crippen LogP contribution is 2.17. The minimum atomic E-state index is 0.0489. The van der Waals surface area contributed by atoms with Gasteiger partial charge in [-0.25, -0.2) is 0 Å². The molecule has 1 aromatic carbocycles. The summed E-state index contributed by atoms with van der Waals surface area (Å²) >= 11 is 3.36. The molecule has 0 bridgehead atoms. The molecule has 15 heavy (non-hydrogen) atoms. The molecule has 0 atom stereocenters. The molecule has 0 aliphatic carbocycles. The van der Waals surface area contributed by atoms with Gasteiger partial charge >= 0.3 is 0 Å². The molecule has 3 nitrogen and oxygen atoms in total. The largest absolute Gasteiger partial charge is 0.494 e. The predicted molar refractivity (Wildman–Crippen MR) is 62.9 cm³/mol. The molecule has 0 unspecified atom stereocenters. The van der Waals surface area contributed by atoms with Crippen LogP contribution in [0.5, 0.6) is 5.75 Å². The van der Waals surface area contributed by atoms with Gasteiger partial charge in [0.15, 0.2) is 0 Å². The quantitative estimate of drug-likeness (QED) is 0.835. The minimum Gasteiger partial charge on any atom is -0.494 e. The zero-order chi connectivity index (χ0) is 11.1. The summed E-state index contributed by atoms with van der Waals surface area (Å²) in [7, 11) is 1.64. The van der Waals surface area contributed by atoms with E-state index in [1.165, 1.54) is 0 Å². The second-order valence-electron chi connectivity index (χ2n) is 3.08. The Morgan fingerprint density at radius 1 is 1.53 bits per heavy atom. The lowest BCUT2D eigenvalue weighted by Crippen LogP contribution is -2.18. The molecule has 0 saturated heterocycles. The molecule has 0 aliphatic heterocycles. The van der Waals surface area contributed by atoms with Crippen molar-refractivity contribution in [1.82, 2.24) is 5.32 Å². The number of carbonyl (C=O) groups excluding carboxylic acids is 1. The zero-order valence-corrected chi connectivity index (χ0v) is 10.2. The van der Waals surface area contributed by atoms with Crippen LogP contribution in [0.1, 0.15) is 12.8 Å². The van der Waals surface area contributed by atoms with Gasteiger partial charge in [0.05, 0.1) is 6.61 Å². The van der Waals surface area contributed by atoms with Gasteiger partial charge in [-0.2, -0.15) is 0 Å². The van der Waals surface area contributed by atoms with E-state index < -0.39 is 0 Å². The number of rotatable bonds is 5. The number of carbonyl (C=O) groups is 1. The van der Waals surface area contributed by atoms with E-state index in [1.54, 1.807) is 7.05 Å². The predicted octanol–water partition coefficient (Wildman–Crippen LogP) is 2.35. The van der Waals surface area contributed by atoms with Crippen molar-refractivity contribution in [3.05, 3.63) is 28.7 Å². The molecule has 0 aliphatic rings. The van der Waals surface area contributed by atoms with Crippen molar-refractivity contribution >= 4 is 21.8 Å². The molecule has 82 valence electrons. The Labute approximate surface area is 97.9 Å². The summed E-state index contributed by atoms with van der Waals surface area (Å²) in [6, 6.07) is 7.65. The monoisotopic (exact) mass is 271 g/mol. The van der Waals surface area contributed by atoms with Gasteiger partial charge in [0.2, 0.25) is 5.91 Å². The van der Waals surface area contributed by atoms with E-state index in [2.05, 4.69) is 21.2 Å². The Kier molecular flexibility index (Phi) is 5.18. The Balaban J connectivity index is 2.23. The van der Waals surface area contributed by atoms with Crippen LogP contribution in [0, 0.1) is 0 Å². The van der Waals surface area contributed by atoms with Crippen molar-refractivity contribution in [1.29, 1.82) is 0 Å². The third-order valence-electron chi connectivity index (χ3n) is 1.89. The van der Waals surface area contributed by atoms with Crippen LogP contribution in [0.3, 0.4) is 0 Å². The van der Waals surface area contributed by atoms with Crippen LogP contribution in [-0.4, -0.2) is 19.6 Å². The van der Waals surface area contributed by atoms with E-state index in [9.17, 15) is 4.79 Å². The highest BCUT2D eigenvalue weighted by Gasteiger charge is 1.98. The molecule has 1 rings (SSSR count). The first-order chi connectivity index (χ1) is 7.22. The summed E-state index contributed by atoms with van der Waals surface area (Å²) in [4.78, 5) is 10.9. The summed E-state index contributed by atoms with van der Waals surface area (Å²) in [5, 5.41) is 2.57. The van der Waals surface area contributed by atoms with Gasteiger partial charge in [0.25, 0.3) is 0 Å². The maximum atomic E-state index is 10.9.